The molecule has 0 aliphatic heterocycles. The third-order valence-electron chi connectivity index (χ3n) is 4.59. The maximum Gasteiger partial charge on any atom is 0.312 e. The van der Waals surface area contributed by atoms with Crippen LogP contribution in [0.5, 0.6) is 5.75 Å². The molecular formula is C24H23Br2N2O2S+. The van der Waals surface area contributed by atoms with Gasteiger partial charge in [-0.25, -0.2) is 5.32 Å². The highest BCUT2D eigenvalue weighted by atomic mass is 79.9. The van der Waals surface area contributed by atoms with Gasteiger partial charge in [-0.15, -0.1) is 0 Å². The number of carbonyl (C=O) groups is 1. The molecule has 0 aliphatic carbocycles. The summed E-state index contributed by atoms with van der Waals surface area (Å²) < 4.78 is 3.30. The topological polar surface area (TPSA) is 52.3 Å². The van der Waals surface area contributed by atoms with Crippen molar-refractivity contribution in [3.05, 3.63) is 92.9 Å². The van der Waals surface area contributed by atoms with E-state index in [4.69, 9.17) is 0 Å². The second-order valence-electron chi connectivity index (χ2n) is 7.05. The molecule has 0 aromatic heterocycles. The molecule has 0 amide bonds. The van der Waals surface area contributed by atoms with Crippen LogP contribution in [0.3, 0.4) is 0 Å². The van der Waals surface area contributed by atoms with Gasteiger partial charge in [0.15, 0.2) is 5.78 Å². The summed E-state index contributed by atoms with van der Waals surface area (Å²) in [4.78, 5) is 13.2. The Morgan fingerprint density at radius 1 is 1.06 bits per heavy atom. The van der Waals surface area contributed by atoms with E-state index in [-0.39, 0.29) is 17.1 Å². The van der Waals surface area contributed by atoms with Crippen molar-refractivity contribution in [1.82, 2.24) is 0 Å². The number of Topliss-reactive ketones (excluding diaryl/α,β-unsaturated/α-hetero) is 1. The van der Waals surface area contributed by atoms with Crippen molar-refractivity contribution in [2.24, 2.45) is 0 Å². The number of thioether (sulfide) groups is 1. The molecule has 4 nitrogen and oxygen atoms in total. The number of anilines is 1. The first-order valence-electron chi connectivity index (χ1n) is 9.68. The number of ketones is 1. The molecule has 0 unspecified atom stereocenters. The zero-order chi connectivity index (χ0) is 22.4. The molecule has 160 valence electrons. The van der Waals surface area contributed by atoms with Crippen molar-refractivity contribution in [3.8, 4) is 5.75 Å². The maximum atomic E-state index is 13.2. The van der Waals surface area contributed by atoms with Gasteiger partial charge in [-0.3, -0.25) is 9.37 Å². The van der Waals surface area contributed by atoms with Gasteiger partial charge in [-0.2, -0.15) is 0 Å². The highest BCUT2D eigenvalue weighted by Gasteiger charge is 2.26. The van der Waals surface area contributed by atoms with E-state index in [0.29, 0.717) is 11.0 Å². The molecule has 1 atom stereocenters. The van der Waals surface area contributed by atoms with Crippen LogP contribution in [0, 0.1) is 0 Å². The number of rotatable bonds is 6. The number of nitrogens with one attached hydrogen (secondary N) is 1. The average molecular weight is 563 g/mol. The fraction of sp³-hybridized carbons (Fsp3) is 0.167. The molecule has 31 heavy (non-hydrogen) atoms. The minimum Gasteiger partial charge on any atom is -0.506 e. The number of carbonyl (C=O) groups excluding carboxylic acids is 1. The minimum absolute atomic E-state index is 0.0455. The summed E-state index contributed by atoms with van der Waals surface area (Å²) in [5.74, 6) is -0.194. The van der Waals surface area contributed by atoms with Crippen LogP contribution in [0.25, 0.3) is 0 Å². The van der Waals surface area contributed by atoms with Crippen LogP contribution >= 0.6 is 43.6 Å². The Hall–Kier alpha value is -2.09. The van der Waals surface area contributed by atoms with Crippen molar-refractivity contribution in [2.75, 3.05) is 12.4 Å². The number of benzene rings is 3. The van der Waals surface area contributed by atoms with E-state index in [1.165, 1.54) is 17.3 Å². The smallest absolute Gasteiger partial charge is 0.312 e. The molecule has 0 bridgehead atoms. The van der Waals surface area contributed by atoms with Crippen LogP contribution in [-0.4, -0.2) is 32.9 Å². The predicted octanol–water partition coefficient (Wildman–Crippen LogP) is 6.53. The van der Waals surface area contributed by atoms with E-state index in [1.807, 2.05) is 62.5 Å². The molecule has 3 rings (SSSR count). The molecule has 3 aromatic rings. The average Bonchev–Trinajstić information content (AvgIpc) is 2.76. The van der Waals surface area contributed by atoms with E-state index in [0.717, 1.165) is 15.3 Å². The van der Waals surface area contributed by atoms with Gasteiger partial charge in [-0.1, -0.05) is 64.5 Å². The van der Waals surface area contributed by atoms with Crippen molar-refractivity contribution in [3.63, 3.8) is 0 Å². The number of aromatic hydroxyl groups is 1. The van der Waals surface area contributed by atoms with E-state index < -0.39 is 5.25 Å². The van der Waals surface area contributed by atoms with Gasteiger partial charge in [0.25, 0.3) is 0 Å². The number of halogens is 2. The van der Waals surface area contributed by atoms with Gasteiger partial charge in [0.2, 0.25) is 0 Å². The molecule has 0 heterocycles. The van der Waals surface area contributed by atoms with Gasteiger partial charge in [0.05, 0.1) is 22.3 Å². The van der Waals surface area contributed by atoms with Crippen LogP contribution in [0.4, 0.5) is 5.69 Å². The summed E-state index contributed by atoms with van der Waals surface area (Å²) in [5, 5.41) is 14.3. The van der Waals surface area contributed by atoms with E-state index in [2.05, 4.69) is 53.9 Å². The molecule has 0 spiro atoms. The molecule has 3 aromatic carbocycles. The first-order valence-corrected chi connectivity index (χ1v) is 12.1. The molecule has 0 fully saturated rings. The second-order valence-corrected chi connectivity index (χ2v) is 10.1. The van der Waals surface area contributed by atoms with E-state index >= 15 is 0 Å². The molecule has 0 saturated heterocycles. The van der Waals surface area contributed by atoms with Crippen LogP contribution in [0.15, 0.2) is 81.7 Å². The van der Waals surface area contributed by atoms with Crippen molar-refractivity contribution < 1.29 is 14.5 Å². The van der Waals surface area contributed by atoms with Crippen LogP contribution in [-0.2, 0) is 6.54 Å². The van der Waals surface area contributed by atoms with Gasteiger partial charge < -0.3 is 5.11 Å². The number of nitrogens with zero attached hydrogens (tertiary/aromatic N) is 1. The molecule has 0 saturated carbocycles. The normalized spacial score (nSPS) is 12.8. The molecule has 7 heteroatoms. The van der Waals surface area contributed by atoms with Crippen LogP contribution < -0.4 is 5.32 Å². The first kappa shape index (κ1) is 23.6. The number of hydrogen-bond acceptors (Lipinski definition) is 3. The van der Waals surface area contributed by atoms with E-state index in [9.17, 15) is 9.90 Å². The molecule has 0 aliphatic rings. The Morgan fingerprint density at radius 3 is 2.32 bits per heavy atom. The van der Waals surface area contributed by atoms with Gasteiger partial charge in [0, 0.05) is 4.47 Å². The summed E-state index contributed by atoms with van der Waals surface area (Å²) in [7, 11) is 2.00. The zero-order valence-corrected chi connectivity index (χ0v) is 21.2. The Balaban J connectivity index is 1.88. The number of phenolic OH excluding ortho intramolecular Hbond substituents is 1. The van der Waals surface area contributed by atoms with Crippen molar-refractivity contribution in [2.45, 2.75) is 18.7 Å². The maximum absolute atomic E-state index is 13.2. The SMILES string of the molecule is C[C@@H](SC(Nc1ccccc1)=[N+](C)Cc1ccccc1)C(=O)c1cc(Br)cc(Br)c1O. The largest absolute Gasteiger partial charge is 0.506 e. The summed E-state index contributed by atoms with van der Waals surface area (Å²) in [6.45, 7) is 2.54. The van der Waals surface area contributed by atoms with Gasteiger partial charge in [-0.05, 0) is 64.4 Å². The highest BCUT2D eigenvalue weighted by Crippen LogP contribution is 2.34. The fourth-order valence-corrected chi connectivity index (χ4v) is 5.20. The third kappa shape index (κ3) is 6.45. The Bertz CT molecular complexity index is 1090. The quantitative estimate of drug-likeness (QED) is 0.155. The summed E-state index contributed by atoms with van der Waals surface area (Å²) >= 11 is 8.13. The Kier molecular flexibility index (Phi) is 8.35. The van der Waals surface area contributed by atoms with Gasteiger partial charge in [0.1, 0.15) is 18.0 Å². The monoisotopic (exact) mass is 561 g/mol. The van der Waals surface area contributed by atoms with E-state index in [1.54, 1.807) is 12.1 Å². The van der Waals surface area contributed by atoms with Gasteiger partial charge >= 0.3 is 5.17 Å². The molecular weight excluding hydrogens is 540 g/mol. The van der Waals surface area contributed by atoms with Crippen LogP contribution in [0.2, 0.25) is 0 Å². The highest BCUT2D eigenvalue weighted by molar-refractivity contribution is 9.11. The van der Waals surface area contributed by atoms with Crippen molar-refractivity contribution >= 4 is 60.3 Å². The lowest BCUT2D eigenvalue weighted by Crippen LogP contribution is -2.26. The summed E-state index contributed by atoms with van der Waals surface area (Å²) in [5.41, 5.74) is 2.40. The number of amidine groups is 1. The zero-order valence-electron chi connectivity index (χ0n) is 17.2. The number of hydrogen-bond donors (Lipinski definition) is 2. The standard InChI is InChI=1S/C24H22Br2N2O2S/c1-16(22(29)20-13-18(25)14-21(26)23(20)30)31-24(27-19-11-7-4-8-12-19)28(2)15-17-9-5-3-6-10-17/h3-14,16H,15H2,1-2H3,(H,29,30)/p+1/t16-/m1/s1. The Morgan fingerprint density at radius 2 is 1.68 bits per heavy atom. The lowest BCUT2D eigenvalue weighted by atomic mass is 10.1. The van der Waals surface area contributed by atoms with Crippen LogP contribution in [0.1, 0.15) is 22.8 Å². The lowest BCUT2D eigenvalue weighted by Gasteiger charge is -2.14. The van der Waals surface area contributed by atoms with Crippen molar-refractivity contribution in [1.29, 1.82) is 0 Å². The second kappa shape index (κ2) is 11.0. The number of phenols is 1. The Labute approximate surface area is 203 Å². The molecule has 0 radical (unpaired) electrons. The number of para-hydroxylation sites is 1. The molecule has 2 N–H and O–H groups in total. The minimum atomic E-state index is -0.420. The third-order valence-corrected chi connectivity index (χ3v) is 6.85. The predicted molar refractivity (Wildman–Crippen MR) is 136 cm³/mol. The fourth-order valence-electron chi connectivity index (χ4n) is 2.98. The summed E-state index contributed by atoms with van der Waals surface area (Å²) in [6.07, 6.45) is 0. The summed E-state index contributed by atoms with van der Waals surface area (Å²) in [6, 6.07) is 23.4. The lowest BCUT2D eigenvalue weighted by molar-refractivity contribution is -0.511. The first-order chi connectivity index (χ1) is 14.8.